The lowest BCUT2D eigenvalue weighted by molar-refractivity contribution is 0.0982. The average molecular weight is 361 g/mol. The minimum absolute atomic E-state index is 0.0119. The van der Waals surface area contributed by atoms with Gasteiger partial charge in [-0.2, -0.15) is 0 Å². The summed E-state index contributed by atoms with van der Waals surface area (Å²) in [5, 5.41) is 0. The molecule has 7 heteroatoms. The number of hydrogen-bond donors (Lipinski definition) is 0. The number of nitrogens with zero attached hydrogens (tertiary/aromatic N) is 1. The summed E-state index contributed by atoms with van der Waals surface area (Å²) >= 11 is 0. The third kappa shape index (κ3) is 2.84. The monoisotopic (exact) mass is 361 g/mol. The highest BCUT2D eigenvalue weighted by molar-refractivity contribution is 7.93. The minimum Gasteiger partial charge on any atom is -0.497 e. The lowest BCUT2D eigenvalue weighted by Gasteiger charge is -2.31. The van der Waals surface area contributed by atoms with Gasteiger partial charge in [0.2, 0.25) is 0 Å². The van der Waals surface area contributed by atoms with Crippen molar-refractivity contribution in [2.45, 2.75) is 18.2 Å². The Kier molecular flexibility index (Phi) is 4.43. The van der Waals surface area contributed by atoms with Crippen LogP contribution in [0.3, 0.4) is 0 Å². The molecular weight excluding hydrogens is 342 g/mol. The average Bonchev–Trinajstić information content (AvgIpc) is 2.62. The Morgan fingerprint density at radius 1 is 1.08 bits per heavy atom. The van der Waals surface area contributed by atoms with Gasteiger partial charge in [0.25, 0.3) is 10.0 Å². The molecule has 2 aromatic rings. The quantitative estimate of drug-likeness (QED) is 0.837. The molecule has 1 aliphatic heterocycles. The number of sulfonamides is 1. The molecular formula is C18H19NO5S. The number of Topliss-reactive ketones (excluding diaryl/α,β-unsaturated/α-hetero) is 1. The fourth-order valence-electron chi connectivity index (χ4n) is 3.01. The number of carbonyl (C=O) groups is 1. The number of anilines is 1. The van der Waals surface area contributed by atoms with Gasteiger partial charge in [-0.15, -0.1) is 0 Å². The topological polar surface area (TPSA) is 72.9 Å². The molecule has 0 N–H and O–H groups in total. The second kappa shape index (κ2) is 6.40. The number of rotatable bonds is 4. The number of para-hydroxylation sites is 1. The molecule has 0 aliphatic carbocycles. The van der Waals surface area contributed by atoms with Gasteiger partial charge >= 0.3 is 0 Å². The number of ether oxygens (including phenoxy) is 2. The van der Waals surface area contributed by atoms with Crippen LogP contribution in [0.15, 0.2) is 41.3 Å². The van der Waals surface area contributed by atoms with Crippen molar-refractivity contribution < 1.29 is 22.7 Å². The zero-order valence-electron chi connectivity index (χ0n) is 14.3. The molecule has 6 nitrogen and oxygen atoms in total. The van der Waals surface area contributed by atoms with Crippen LogP contribution in [0.5, 0.6) is 11.5 Å². The molecule has 0 atom stereocenters. The van der Waals surface area contributed by atoms with Crippen LogP contribution in [0.25, 0.3) is 0 Å². The molecule has 0 saturated heterocycles. The second-order valence-corrected chi connectivity index (χ2v) is 7.57. The predicted octanol–water partition coefficient (Wildman–Crippen LogP) is 2.79. The van der Waals surface area contributed by atoms with Gasteiger partial charge in [-0.25, -0.2) is 8.42 Å². The standard InChI is InChI=1S/C18H19NO5S/c1-12-5-4-6-14-15(20)9-10-19(18(12)14)25(21,22)17-11-13(23-2)7-8-16(17)24-3/h4-8,11H,9-10H2,1-3H3. The van der Waals surface area contributed by atoms with E-state index in [4.69, 9.17) is 9.47 Å². The number of benzene rings is 2. The van der Waals surface area contributed by atoms with Crippen molar-refractivity contribution >= 4 is 21.5 Å². The molecule has 0 aromatic heterocycles. The van der Waals surface area contributed by atoms with E-state index in [1.54, 1.807) is 37.3 Å². The smallest absolute Gasteiger partial charge is 0.268 e. The molecule has 0 unspecified atom stereocenters. The maximum atomic E-state index is 13.3. The third-order valence-electron chi connectivity index (χ3n) is 4.27. The molecule has 132 valence electrons. The Labute approximate surface area is 147 Å². The third-order valence-corrected chi connectivity index (χ3v) is 6.09. The first-order valence-electron chi connectivity index (χ1n) is 7.77. The van der Waals surface area contributed by atoms with Crippen molar-refractivity contribution in [1.82, 2.24) is 0 Å². The second-order valence-electron chi connectivity index (χ2n) is 5.74. The molecule has 0 bridgehead atoms. The molecule has 1 aliphatic rings. The van der Waals surface area contributed by atoms with Gasteiger partial charge in [-0.3, -0.25) is 9.10 Å². The molecule has 1 heterocycles. The summed E-state index contributed by atoms with van der Waals surface area (Å²) in [6.07, 6.45) is 0.141. The summed E-state index contributed by atoms with van der Waals surface area (Å²) in [6.45, 7) is 1.89. The van der Waals surface area contributed by atoms with Crippen molar-refractivity contribution in [2.75, 3.05) is 25.1 Å². The van der Waals surface area contributed by atoms with Crippen LogP contribution in [0.4, 0.5) is 5.69 Å². The first-order valence-corrected chi connectivity index (χ1v) is 9.21. The van der Waals surface area contributed by atoms with E-state index in [1.165, 1.54) is 24.6 Å². The van der Waals surface area contributed by atoms with Gasteiger partial charge in [-0.1, -0.05) is 12.1 Å². The Hall–Kier alpha value is -2.54. The van der Waals surface area contributed by atoms with Gasteiger partial charge < -0.3 is 9.47 Å². The van der Waals surface area contributed by atoms with Crippen LogP contribution in [0, 0.1) is 6.92 Å². The van der Waals surface area contributed by atoms with Gasteiger partial charge in [0.05, 0.1) is 19.9 Å². The van der Waals surface area contributed by atoms with Crippen LogP contribution < -0.4 is 13.8 Å². The summed E-state index contributed by atoms with van der Waals surface area (Å²) in [4.78, 5) is 12.2. The van der Waals surface area contributed by atoms with E-state index in [1.807, 2.05) is 0 Å². The van der Waals surface area contributed by atoms with Crippen molar-refractivity contribution in [3.63, 3.8) is 0 Å². The molecule has 3 rings (SSSR count). The number of ketones is 1. The lowest BCUT2D eigenvalue weighted by Crippen LogP contribution is -2.38. The van der Waals surface area contributed by atoms with Crippen molar-refractivity contribution in [3.8, 4) is 11.5 Å². The van der Waals surface area contributed by atoms with E-state index in [0.29, 0.717) is 17.0 Å². The number of aryl methyl sites for hydroxylation is 1. The van der Waals surface area contributed by atoms with Gasteiger partial charge in [0.1, 0.15) is 16.4 Å². The maximum Gasteiger partial charge on any atom is 0.268 e. The molecule has 25 heavy (non-hydrogen) atoms. The first-order chi connectivity index (χ1) is 11.9. The Morgan fingerprint density at radius 3 is 2.52 bits per heavy atom. The van der Waals surface area contributed by atoms with Crippen molar-refractivity contribution in [1.29, 1.82) is 0 Å². The highest BCUT2D eigenvalue weighted by atomic mass is 32.2. The van der Waals surface area contributed by atoms with Gasteiger partial charge in [0, 0.05) is 24.6 Å². The highest BCUT2D eigenvalue weighted by Gasteiger charge is 2.35. The largest absolute Gasteiger partial charge is 0.497 e. The summed E-state index contributed by atoms with van der Waals surface area (Å²) in [5.41, 5.74) is 1.59. The van der Waals surface area contributed by atoms with E-state index in [2.05, 4.69) is 0 Å². The Balaban J connectivity index is 2.21. The molecule has 0 fully saturated rings. The van der Waals surface area contributed by atoms with Crippen LogP contribution >= 0.6 is 0 Å². The molecule has 0 amide bonds. The summed E-state index contributed by atoms with van der Waals surface area (Å²) in [5.74, 6) is 0.591. The summed E-state index contributed by atoms with van der Waals surface area (Å²) < 4.78 is 38.3. The zero-order chi connectivity index (χ0) is 18.2. The SMILES string of the molecule is COc1ccc(OC)c(S(=O)(=O)N2CCC(=O)c3cccc(C)c32)c1. The van der Waals surface area contributed by atoms with E-state index >= 15 is 0 Å². The van der Waals surface area contributed by atoms with E-state index in [0.717, 1.165) is 5.56 Å². The van der Waals surface area contributed by atoms with E-state index in [-0.39, 0.29) is 29.4 Å². The van der Waals surface area contributed by atoms with Crippen molar-refractivity contribution in [3.05, 3.63) is 47.5 Å². The van der Waals surface area contributed by atoms with Crippen LogP contribution in [0.2, 0.25) is 0 Å². The highest BCUT2D eigenvalue weighted by Crippen LogP contribution is 2.38. The Morgan fingerprint density at radius 2 is 1.84 bits per heavy atom. The lowest BCUT2D eigenvalue weighted by atomic mass is 9.99. The maximum absolute atomic E-state index is 13.3. The fraction of sp³-hybridized carbons (Fsp3) is 0.278. The van der Waals surface area contributed by atoms with Crippen LogP contribution in [-0.2, 0) is 10.0 Å². The minimum atomic E-state index is -3.92. The molecule has 0 radical (unpaired) electrons. The molecule has 0 spiro atoms. The summed E-state index contributed by atoms with van der Waals surface area (Å²) in [7, 11) is -1.03. The van der Waals surface area contributed by atoms with E-state index in [9.17, 15) is 13.2 Å². The number of carbonyl (C=O) groups excluding carboxylic acids is 1. The van der Waals surface area contributed by atoms with Crippen molar-refractivity contribution in [2.24, 2.45) is 0 Å². The first kappa shape index (κ1) is 17.3. The van der Waals surface area contributed by atoms with Crippen LogP contribution in [-0.4, -0.2) is 35.0 Å². The number of methoxy groups -OCH3 is 2. The number of hydrogen-bond acceptors (Lipinski definition) is 5. The Bertz CT molecular complexity index is 936. The fourth-order valence-corrected chi connectivity index (χ4v) is 4.73. The molecule has 0 saturated carbocycles. The van der Waals surface area contributed by atoms with E-state index < -0.39 is 10.0 Å². The summed E-state index contributed by atoms with van der Waals surface area (Å²) in [6, 6.07) is 9.84. The predicted molar refractivity (Wildman–Crippen MR) is 94.2 cm³/mol. The van der Waals surface area contributed by atoms with Crippen LogP contribution in [0.1, 0.15) is 22.3 Å². The normalized spacial score (nSPS) is 14.2. The molecule has 2 aromatic carbocycles. The van der Waals surface area contributed by atoms with Gasteiger partial charge in [0.15, 0.2) is 5.78 Å². The van der Waals surface area contributed by atoms with Gasteiger partial charge in [-0.05, 0) is 30.7 Å². The zero-order valence-corrected chi connectivity index (χ0v) is 15.1. The number of fused-ring (bicyclic) bond motifs is 1.